The fraction of sp³-hybridized carbons (Fsp3) is 0.455. The summed E-state index contributed by atoms with van der Waals surface area (Å²) in [7, 11) is 1.68. The van der Waals surface area contributed by atoms with E-state index in [2.05, 4.69) is 0 Å². The van der Waals surface area contributed by atoms with Gasteiger partial charge in [-0.3, -0.25) is 0 Å². The summed E-state index contributed by atoms with van der Waals surface area (Å²) in [5.74, 6) is 1.77. The van der Waals surface area contributed by atoms with Crippen LogP contribution in [0.5, 0.6) is 11.5 Å². The van der Waals surface area contributed by atoms with E-state index in [1.165, 1.54) is 0 Å². The van der Waals surface area contributed by atoms with Crippen LogP contribution in [0.1, 0.15) is 11.1 Å². The molecule has 0 radical (unpaired) electrons. The van der Waals surface area contributed by atoms with Gasteiger partial charge in [0.2, 0.25) is 0 Å². The predicted octanol–water partition coefficient (Wildman–Crippen LogP) is 1.65. The molecule has 0 saturated carbocycles. The van der Waals surface area contributed by atoms with Crippen molar-refractivity contribution in [3.8, 4) is 11.5 Å². The molecule has 1 rings (SSSR count). The summed E-state index contributed by atoms with van der Waals surface area (Å²) in [6, 6.07) is 3.92. The average molecular weight is 195 g/mol. The zero-order valence-electron chi connectivity index (χ0n) is 8.96. The van der Waals surface area contributed by atoms with E-state index < -0.39 is 0 Å². The molecule has 1 aromatic rings. The minimum Gasteiger partial charge on any atom is -0.496 e. The van der Waals surface area contributed by atoms with E-state index in [4.69, 9.17) is 15.2 Å². The topological polar surface area (TPSA) is 44.5 Å². The minimum atomic E-state index is 0.532. The Hall–Kier alpha value is -1.22. The number of hydrogen-bond donors (Lipinski definition) is 1. The highest BCUT2D eigenvalue weighted by molar-refractivity contribution is 5.45. The molecule has 78 valence electrons. The molecule has 0 unspecified atom stereocenters. The summed E-state index contributed by atoms with van der Waals surface area (Å²) in [5, 5.41) is 0. The maximum absolute atomic E-state index is 5.44. The average Bonchev–Trinajstić information content (AvgIpc) is 2.14. The Morgan fingerprint density at radius 3 is 2.21 bits per heavy atom. The Labute approximate surface area is 84.8 Å². The highest BCUT2D eigenvalue weighted by Gasteiger charge is 2.05. The van der Waals surface area contributed by atoms with Gasteiger partial charge in [-0.1, -0.05) is 0 Å². The van der Waals surface area contributed by atoms with Gasteiger partial charge in [0.15, 0.2) is 0 Å². The molecule has 3 nitrogen and oxygen atoms in total. The zero-order valence-corrected chi connectivity index (χ0v) is 8.96. The molecule has 0 atom stereocenters. The standard InChI is InChI=1S/C11H17NO2/c1-8-6-10(14-5-4-12)7-9(2)11(8)13-3/h6-7H,4-5,12H2,1-3H3. The van der Waals surface area contributed by atoms with Gasteiger partial charge in [0.25, 0.3) is 0 Å². The first-order valence-electron chi connectivity index (χ1n) is 4.67. The van der Waals surface area contributed by atoms with E-state index in [1.54, 1.807) is 7.11 Å². The summed E-state index contributed by atoms with van der Waals surface area (Å²) >= 11 is 0. The van der Waals surface area contributed by atoms with Gasteiger partial charge in [0, 0.05) is 6.54 Å². The van der Waals surface area contributed by atoms with Crippen LogP contribution >= 0.6 is 0 Å². The molecular formula is C11H17NO2. The number of nitrogens with two attached hydrogens (primary N) is 1. The second-order valence-electron chi connectivity index (χ2n) is 3.23. The molecule has 0 amide bonds. The lowest BCUT2D eigenvalue weighted by Crippen LogP contribution is -2.10. The molecule has 14 heavy (non-hydrogen) atoms. The second kappa shape index (κ2) is 4.86. The number of aryl methyl sites for hydroxylation is 2. The van der Waals surface area contributed by atoms with Gasteiger partial charge in [-0.25, -0.2) is 0 Å². The molecule has 0 aliphatic heterocycles. The third kappa shape index (κ3) is 2.39. The first-order valence-corrected chi connectivity index (χ1v) is 4.67. The molecule has 0 aromatic heterocycles. The fourth-order valence-corrected chi connectivity index (χ4v) is 1.49. The first kappa shape index (κ1) is 10.9. The molecule has 0 aliphatic rings. The molecule has 0 spiro atoms. The van der Waals surface area contributed by atoms with Gasteiger partial charge in [0.1, 0.15) is 18.1 Å². The van der Waals surface area contributed by atoms with Crippen molar-refractivity contribution in [2.24, 2.45) is 5.73 Å². The predicted molar refractivity (Wildman–Crippen MR) is 57.0 cm³/mol. The SMILES string of the molecule is COc1c(C)cc(OCCN)cc1C. The molecule has 3 heteroatoms. The van der Waals surface area contributed by atoms with Crippen molar-refractivity contribution in [1.29, 1.82) is 0 Å². The Morgan fingerprint density at radius 2 is 1.79 bits per heavy atom. The molecular weight excluding hydrogens is 178 g/mol. The van der Waals surface area contributed by atoms with Crippen LogP contribution in [0.4, 0.5) is 0 Å². The van der Waals surface area contributed by atoms with Crippen LogP contribution < -0.4 is 15.2 Å². The van der Waals surface area contributed by atoms with E-state index >= 15 is 0 Å². The van der Waals surface area contributed by atoms with Crippen LogP contribution in [0.15, 0.2) is 12.1 Å². The summed E-state index contributed by atoms with van der Waals surface area (Å²) in [5.41, 5.74) is 7.52. The van der Waals surface area contributed by atoms with Gasteiger partial charge >= 0.3 is 0 Å². The third-order valence-electron chi connectivity index (χ3n) is 2.02. The molecule has 0 fully saturated rings. The molecule has 2 N–H and O–H groups in total. The van der Waals surface area contributed by atoms with Crippen LogP contribution in [0.2, 0.25) is 0 Å². The van der Waals surface area contributed by atoms with Crippen LogP contribution in [-0.2, 0) is 0 Å². The maximum atomic E-state index is 5.44. The molecule has 0 saturated heterocycles. The van der Waals surface area contributed by atoms with E-state index in [0.29, 0.717) is 13.2 Å². The monoisotopic (exact) mass is 195 g/mol. The molecule has 0 heterocycles. The second-order valence-corrected chi connectivity index (χ2v) is 3.23. The van der Waals surface area contributed by atoms with Crippen molar-refractivity contribution in [3.63, 3.8) is 0 Å². The van der Waals surface area contributed by atoms with Crippen LogP contribution in [0, 0.1) is 13.8 Å². The van der Waals surface area contributed by atoms with Crippen molar-refractivity contribution in [1.82, 2.24) is 0 Å². The van der Waals surface area contributed by atoms with E-state index in [-0.39, 0.29) is 0 Å². The van der Waals surface area contributed by atoms with Crippen LogP contribution in [0.25, 0.3) is 0 Å². The molecule has 0 aliphatic carbocycles. The van der Waals surface area contributed by atoms with Crippen molar-refractivity contribution in [2.45, 2.75) is 13.8 Å². The summed E-state index contributed by atoms with van der Waals surface area (Å²) < 4.78 is 10.7. The quantitative estimate of drug-likeness (QED) is 0.794. The van der Waals surface area contributed by atoms with Crippen molar-refractivity contribution in [2.75, 3.05) is 20.3 Å². The number of hydrogen-bond acceptors (Lipinski definition) is 3. The molecule has 0 bridgehead atoms. The Morgan fingerprint density at radius 1 is 1.21 bits per heavy atom. The smallest absolute Gasteiger partial charge is 0.124 e. The molecule has 1 aromatic carbocycles. The van der Waals surface area contributed by atoms with Gasteiger partial charge in [0.05, 0.1) is 7.11 Å². The lowest BCUT2D eigenvalue weighted by molar-refractivity contribution is 0.326. The maximum Gasteiger partial charge on any atom is 0.124 e. The summed E-state index contributed by atoms with van der Waals surface area (Å²) in [6.45, 7) is 5.08. The minimum absolute atomic E-state index is 0.532. The number of rotatable bonds is 4. The zero-order chi connectivity index (χ0) is 10.6. The third-order valence-corrected chi connectivity index (χ3v) is 2.02. The van der Waals surface area contributed by atoms with E-state index in [1.807, 2.05) is 26.0 Å². The highest BCUT2D eigenvalue weighted by Crippen LogP contribution is 2.27. The lowest BCUT2D eigenvalue weighted by atomic mass is 10.1. The van der Waals surface area contributed by atoms with Crippen molar-refractivity contribution < 1.29 is 9.47 Å². The summed E-state index contributed by atoms with van der Waals surface area (Å²) in [6.07, 6.45) is 0. The van der Waals surface area contributed by atoms with Gasteiger partial charge in [-0.05, 0) is 37.1 Å². The Balaban J connectivity index is 2.90. The number of ether oxygens (including phenoxy) is 2. The van der Waals surface area contributed by atoms with Crippen LogP contribution in [0.3, 0.4) is 0 Å². The highest BCUT2D eigenvalue weighted by atomic mass is 16.5. The van der Waals surface area contributed by atoms with Gasteiger partial charge < -0.3 is 15.2 Å². The Bertz CT molecular complexity index is 287. The Kier molecular flexibility index (Phi) is 3.77. The number of methoxy groups -OCH3 is 1. The largest absolute Gasteiger partial charge is 0.496 e. The lowest BCUT2D eigenvalue weighted by Gasteiger charge is -2.11. The number of benzene rings is 1. The van der Waals surface area contributed by atoms with Crippen LogP contribution in [-0.4, -0.2) is 20.3 Å². The van der Waals surface area contributed by atoms with Gasteiger partial charge in [-0.2, -0.15) is 0 Å². The normalized spacial score (nSPS) is 10.0. The van der Waals surface area contributed by atoms with Gasteiger partial charge in [-0.15, -0.1) is 0 Å². The van der Waals surface area contributed by atoms with Crippen molar-refractivity contribution >= 4 is 0 Å². The van der Waals surface area contributed by atoms with E-state index in [9.17, 15) is 0 Å². The summed E-state index contributed by atoms with van der Waals surface area (Å²) in [4.78, 5) is 0. The first-order chi connectivity index (χ1) is 6.69. The van der Waals surface area contributed by atoms with Crippen molar-refractivity contribution in [3.05, 3.63) is 23.3 Å². The van der Waals surface area contributed by atoms with E-state index in [0.717, 1.165) is 22.6 Å². The fourth-order valence-electron chi connectivity index (χ4n) is 1.49.